The van der Waals surface area contributed by atoms with Gasteiger partial charge in [0.1, 0.15) is 0 Å². The van der Waals surface area contributed by atoms with Crippen molar-refractivity contribution in [3.63, 3.8) is 0 Å². The number of aliphatic imine (C=N–C) groups is 2. The van der Waals surface area contributed by atoms with Crippen LogP contribution in [0.4, 0.5) is 22.7 Å². The van der Waals surface area contributed by atoms with Gasteiger partial charge in [-0.1, -0.05) is 232 Å². The topological polar surface area (TPSA) is 52.9 Å². The first-order valence-corrected chi connectivity index (χ1v) is 23.5. The molecule has 0 bridgehead atoms. The maximum absolute atomic E-state index is 5.08. The Balaban J connectivity index is 0. The van der Waals surface area contributed by atoms with Gasteiger partial charge < -0.3 is 37.6 Å². The van der Waals surface area contributed by atoms with Crippen LogP contribution in [0.25, 0.3) is 10.6 Å². The Morgan fingerprint density at radius 3 is 0.712 bits per heavy atom. The van der Waals surface area contributed by atoms with Gasteiger partial charge in [-0.3, -0.25) is 9.98 Å². The van der Waals surface area contributed by atoms with Gasteiger partial charge in [0.05, 0.1) is 11.4 Å². The van der Waals surface area contributed by atoms with Crippen molar-refractivity contribution in [1.29, 1.82) is 0 Å². The SMILES string of the molecule is CC(/C=C(/C)[N-]c1c(C(C)C)cccc1C(C)C)=Nc1c(C(C)C)cccc1C(C)C.CC(/C=C(/C)[N-]c1c(C(C)C)cccc1C(C)C)=Nc1c(C(C)C)cccc1C(C)C.[Fe+3].[Fe+3].[S-2].[S-2]. The minimum Gasteiger partial charge on any atom is -2.00 e. The Labute approximate surface area is 439 Å². The summed E-state index contributed by atoms with van der Waals surface area (Å²) in [6.45, 7) is 44.1. The van der Waals surface area contributed by atoms with Crippen LogP contribution in [0.5, 0.6) is 0 Å². The van der Waals surface area contributed by atoms with Gasteiger partial charge in [0, 0.05) is 11.4 Å². The minimum absolute atomic E-state index is 0. The molecule has 0 heterocycles. The van der Waals surface area contributed by atoms with E-state index in [4.69, 9.17) is 20.6 Å². The van der Waals surface area contributed by atoms with Crippen LogP contribution >= 0.6 is 0 Å². The predicted molar refractivity (Wildman–Crippen MR) is 292 cm³/mol. The van der Waals surface area contributed by atoms with E-state index in [2.05, 4.69) is 223 Å². The monoisotopic (exact) mass is 1010 g/mol. The van der Waals surface area contributed by atoms with E-state index in [9.17, 15) is 0 Å². The molecule has 4 aromatic rings. The first kappa shape index (κ1) is 65.1. The standard InChI is InChI=1S/2C29H41N2.2Fe.2S/c2*1-18(2)24-13-11-14-25(19(3)4)28(24)30-22(9)17-23(10)31-29-26(20(5)6)15-12-16-27(29)21(7)8;;;;/h2*11-21H,1-10H3;;;;/q2*-1;2*+3;2*-2/b2*22-17-,31-23?;;;;. The average molecular weight is 1010 g/mol. The molecule has 0 aliphatic carbocycles. The molecule has 0 aromatic heterocycles. The minimum atomic E-state index is 0. The summed E-state index contributed by atoms with van der Waals surface area (Å²) in [5.41, 5.74) is 18.9. The second-order valence-electron chi connectivity index (χ2n) is 19.7. The molecule has 0 fully saturated rings. The molecular weight excluding hydrogens is 928 g/mol. The zero-order chi connectivity index (χ0) is 46.6. The maximum atomic E-state index is 5.08. The first-order valence-electron chi connectivity index (χ1n) is 23.5. The van der Waals surface area contributed by atoms with Gasteiger partial charge >= 0.3 is 34.1 Å². The molecule has 0 aliphatic rings. The van der Waals surface area contributed by atoms with Crippen molar-refractivity contribution in [1.82, 2.24) is 0 Å². The van der Waals surface area contributed by atoms with Gasteiger partial charge in [-0.2, -0.15) is 11.4 Å². The summed E-state index contributed by atoms with van der Waals surface area (Å²) in [7, 11) is 0. The third-order valence-corrected chi connectivity index (χ3v) is 11.4. The van der Waals surface area contributed by atoms with Gasteiger partial charge in [-0.25, -0.2) is 0 Å². The molecule has 0 N–H and O–H groups in total. The van der Waals surface area contributed by atoms with Gasteiger partial charge in [-0.15, -0.1) is 11.4 Å². The van der Waals surface area contributed by atoms with E-state index in [1.165, 1.54) is 44.5 Å². The molecule has 4 rings (SSSR count). The summed E-state index contributed by atoms with van der Waals surface area (Å²) >= 11 is 0. The zero-order valence-electron chi connectivity index (χ0n) is 44.0. The van der Waals surface area contributed by atoms with Crippen molar-refractivity contribution in [2.24, 2.45) is 9.98 Å². The molecule has 4 aromatic carbocycles. The third-order valence-electron chi connectivity index (χ3n) is 11.4. The molecule has 0 atom stereocenters. The number of hydrogen-bond acceptors (Lipinski definition) is 2. The second-order valence-corrected chi connectivity index (χ2v) is 19.7. The van der Waals surface area contributed by atoms with Crippen molar-refractivity contribution in [2.75, 3.05) is 0 Å². The van der Waals surface area contributed by atoms with E-state index in [-0.39, 0.29) is 61.1 Å². The van der Waals surface area contributed by atoms with Crippen LogP contribution in [0.2, 0.25) is 0 Å². The van der Waals surface area contributed by atoms with E-state index in [1.807, 2.05) is 0 Å². The smallest absolute Gasteiger partial charge is 2.00 e. The van der Waals surface area contributed by atoms with Gasteiger partial charge in [-0.05, 0) is 83.4 Å². The molecule has 4 nitrogen and oxygen atoms in total. The molecule has 2 radical (unpaired) electrons. The Morgan fingerprint density at radius 2 is 0.530 bits per heavy atom. The summed E-state index contributed by atoms with van der Waals surface area (Å²) in [6.07, 6.45) is 4.23. The molecule has 0 spiro atoms. The van der Waals surface area contributed by atoms with E-state index in [1.54, 1.807) is 0 Å². The van der Waals surface area contributed by atoms with Crippen LogP contribution in [0.3, 0.4) is 0 Å². The molecule has 0 unspecified atom stereocenters. The van der Waals surface area contributed by atoms with Gasteiger partial charge in [0.15, 0.2) is 0 Å². The largest absolute Gasteiger partial charge is 3.00 e. The fourth-order valence-corrected chi connectivity index (χ4v) is 8.00. The van der Waals surface area contributed by atoms with Gasteiger partial charge in [0.2, 0.25) is 0 Å². The van der Waals surface area contributed by atoms with Crippen molar-refractivity contribution >= 4 is 61.2 Å². The van der Waals surface area contributed by atoms with E-state index in [0.717, 1.165) is 45.6 Å². The number of nitrogens with zero attached hydrogens (tertiary/aromatic N) is 4. The number of rotatable bonds is 16. The Hall–Kier alpha value is -2.96. The number of hydrogen-bond donors (Lipinski definition) is 0. The Kier molecular flexibility index (Phi) is 30.1. The van der Waals surface area contributed by atoms with Crippen molar-refractivity contribution < 1.29 is 34.1 Å². The Bertz CT molecular complexity index is 1960. The maximum Gasteiger partial charge on any atom is 3.00 e. The molecule has 0 amide bonds. The molecule has 66 heavy (non-hydrogen) atoms. The van der Waals surface area contributed by atoms with Gasteiger partial charge in [0.25, 0.3) is 0 Å². The molecular formula is C58H82Fe2N4S2. The van der Waals surface area contributed by atoms with Crippen LogP contribution < -0.4 is 0 Å². The molecule has 0 saturated carbocycles. The van der Waals surface area contributed by atoms with Crippen molar-refractivity contribution in [3.05, 3.63) is 151 Å². The quantitative estimate of drug-likeness (QED) is 0.0793. The van der Waals surface area contributed by atoms with Crippen LogP contribution in [0, 0.1) is 0 Å². The second kappa shape index (κ2) is 30.5. The van der Waals surface area contributed by atoms with Crippen LogP contribution in [-0.4, -0.2) is 11.4 Å². The van der Waals surface area contributed by atoms with Crippen LogP contribution in [0.15, 0.2) is 106 Å². The van der Waals surface area contributed by atoms with E-state index < -0.39 is 0 Å². The summed E-state index contributed by atoms with van der Waals surface area (Å²) in [4.78, 5) is 10.2. The molecule has 0 saturated heterocycles. The van der Waals surface area contributed by atoms with E-state index >= 15 is 0 Å². The summed E-state index contributed by atoms with van der Waals surface area (Å²) in [5.74, 6) is 3.49. The Morgan fingerprint density at radius 1 is 0.348 bits per heavy atom. The van der Waals surface area contributed by atoms with Crippen LogP contribution in [0.1, 0.15) is 230 Å². The normalized spacial score (nSPS) is 12.3. The van der Waals surface area contributed by atoms with Crippen LogP contribution in [-0.2, 0) is 61.1 Å². The fourth-order valence-electron chi connectivity index (χ4n) is 8.00. The first-order chi connectivity index (χ1) is 29.0. The number of para-hydroxylation sites is 4. The number of allylic oxidation sites excluding steroid dienone is 4. The van der Waals surface area contributed by atoms with Crippen molar-refractivity contribution in [2.45, 2.75) is 186 Å². The zero-order valence-corrected chi connectivity index (χ0v) is 47.9. The van der Waals surface area contributed by atoms with Crippen molar-refractivity contribution in [3.8, 4) is 0 Å². The van der Waals surface area contributed by atoms with E-state index in [0.29, 0.717) is 47.3 Å². The summed E-state index contributed by atoms with van der Waals surface area (Å²) in [5, 5.41) is 10.2. The molecule has 0 aliphatic heterocycles. The third kappa shape index (κ3) is 18.5. The summed E-state index contributed by atoms with van der Waals surface area (Å²) < 4.78 is 0. The predicted octanol–water partition coefficient (Wildman–Crippen LogP) is 19.8. The molecule has 8 heteroatoms. The average Bonchev–Trinajstić information content (AvgIpc) is 3.17. The molecule has 362 valence electrons. The number of benzene rings is 4. The summed E-state index contributed by atoms with van der Waals surface area (Å²) in [6, 6.07) is 26.3. The fraction of sp³-hybridized carbons (Fsp3) is 0.483.